The van der Waals surface area contributed by atoms with Gasteiger partial charge >= 0.3 is 0 Å². The molecule has 0 unspecified atom stereocenters. The molecule has 0 radical (unpaired) electrons. The summed E-state index contributed by atoms with van der Waals surface area (Å²) in [6, 6.07) is 5.82. The average Bonchev–Trinajstić information content (AvgIpc) is 2.36. The average molecular weight is 264 g/mol. The highest BCUT2D eigenvalue weighted by Crippen LogP contribution is 2.21. The number of hydrogen-bond acceptors (Lipinski definition) is 4. The Balaban J connectivity index is 1.99. The summed E-state index contributed by atoms with van der Waals surface area (Å²) < 4.78 is 5.63. The van der Waals surface area contributed by atoms with E-state index < -0.39 is 0 Å². The molecule has 0 N–H and O–H groups in total. The molecule has 5 heteroatoms. The maximum Gasteiger partial charge on any atom is 0.221 e. The highest BCUT2D eigenvalue weighted by molar-refractivity contribution is 6.30. The molecule has 0 aromatic carbocycles. The van der Waals surface area contributed by atoms with Crippen LogP contribution in [0.5, 0.6) is 5.88 Å². The van der Waals surface area contributed by atoms with E-state index in [-0.39, 0.29) is 0 Å². The maximum atomic E-state index is 5.97. The van der Waals surface area contributed by atoms with Gasteiger partial charge in [0, 0.05) is 23.9 Å². The SMILES string of the molecule is Cc1nc(Cl)c(C)c(OCCc2ccccn2)n1. The van der Waals surface area contributed by atoms with Gasteiger partial charge in [0.1, 0.15) is 11.0 Å². The Kier molecular flexibility index (Phi) is 4.10. The Morgan fingerprint density at radius 3 is 2.78 bits per heavy atom. The molecule has 0 saturated heterocycles. The molecule has 0 atom stereocenters. The molecule has 94 valence electrons. The summed E-state index contributed by atoms with van der Waals surface area (Å²) in [5, 5.41) is 0.440. The Morgan fingerprint density at radius 1 is 1.22 bits per heavy atom. The Hall–Kier alpha value is -1.68. The van der Waals surface area contributed by atoms with E-state index in [1.807, 2.05) is 25.1 Å². The van der Waals surface area contributed by atoms with Crippen LogP contribution in [0, 0.1) is 13.8 Å². The number of nitrogens with zero attached hydrogens (tertiary/aromatic N) is 3. The fraction of sp³-hybridized carbons (Fsp3) is 0.308. The molecule has 0 spiro atoms. The summed E-state index contributed by atoms with van der Waals surface area (Å²) in [6.45, 7) is 4.15. The van der Waals surface area contributed by atoms with Crippen molar-refractivity contribution in [3.63, 3.8) is 0 Å². The van der Waals surface area contributed by atoms with Crippen LogP contribution in [0.4, 0.5) is 0 Å². The minimum atomic E-state index is 0.440. The number of ether oxygens (including phenoxy) is 1. The zero-order valence-electron chi connectivity index (χ0n) is 10.4. The van der Waals surface area contributed by atoms with Gasteiger partial charge in [0.2, 0.25) is 5.88 Å². The Bertz CT molecular complexity index is 531. The molecule has 0 aliphatic heterocycles. The van der Waals surface area contributed by atoms with E-state index >= 15 is 0 Å². The van der Waals surface area contributed by atoms with Crippen LogP contribution >= 0.6 is 11.6 Å². The Labute approximate surface area is 111 Å². The quantitative estimate of drug-likeness (QED) is 0.796. The number of halogens is 1. The number of aryl methyl sites for hydroxylation is 1. The Morgan fingerprint density at radius 2 is 2.06 bits per heavy atom. The molecule has 2 heterocycles. The van der Waals surface area contributed by atoms with Crippen LogP contribution in [0.25, 0.3) is 0 Å². The van der Waals surface area contributed by atoms with Crippen LogP contribution in [0.2, 0.25) is 5.15 Å². The largest absolute Gasteiger partial charge is 0.477 e. The van der Waals surface area contributed by atoms with Crippen molar-refractivity contribution < 1.29 is 4.74 Å². The highest BCUT2D eigenvalue weighted by atomic mass is 35.5. The second-order valence-electron chi connectivity index (χ2n) is 3.91. The van der Waals surface area contributed by atoms with Gasteiger partial charge in [0.25, 0.3) is 0 Å². The normalized spacial score (nSPS) is 10.4. The smallest absolute Gasteiger partial charge is 0.221 e. The fourth-order valence-corrected chi connectivity index (χ4v) is 1.71. The van der Waals surface area contributed by atoms with Crippen LogP contribution in [0.1, 0.15) is 17.1 Å². The fourth-order valence-electron chi connectivity index (χ4n) is 1.51. The summed E-state index contributed by atoms with van der Waals surface area (Å²) in [6.07, 6.45) is 2.51. The van der Waals surface area contributed by atoms with Gasteiger partial charge < -0.3 is 4.74 Å². The molecular formula is C13H14ClN3O. The van der Waals surface area contributed by atoms with Gasteiger partial charge in [-0.3, -0.25) is 4.98 Å². The van der Waals surface area contributed by atoms with Gasteiger partial charge in [-0.15, -0.1) is 0 Å². The van der Waals surface area contributed by atoms with Crippen molar-refractivity contribution in [2.45, 2.75) is 20.3 Å². The summed E-state index contributed by atoms with van der Waals surface area (Å²) in [5.74, 6) is 1.15. The number of hydrogen-bond donors (Lipinski definition) is 0. The zero-order chi connectivity index (χ0) is 13.0. The highest BCUT2D eigenvalue weighted by Gasteiger charge is 2.08. The van der Waals surface area contributed by atoms with Crippen molar-refractivity contribution in [2.75, 3.05) is 6.61 Å². The van der Waals surface area contributed by atoms with Crippen molar-refractivity contribution >= 4 is 11.6 Å². The lowest BCUT2D eigenvalue weighted by atomic mass is 10.3. The number of aromatic nitrogens is 3. The van der Waals surface area contributed by atoms with E-state index in [1.165, 1.54) is 0 Å². The zero-order valence-corrected chi connectivity index (χ0v) is 11.1. The molecule has 0 fully saturated rings. The monoisotopic (exact) mass is 263 g/mol. The van der Waals surface area contributed by atoms with Crippen LogP contribution in [-0.4, -0.2) is 21.6 Å². The van der Waals surface area contributed by atoms with E-state index in [2.05, 4.69) is 15.0 Å². The van der Waals surface area contributed by atoms with E-state index in [1.54, 1.807) is 13.1 Å². The topological polar surface area (TPSA) is 47.9 Å². The molecule has 18 heavy (non-hydrogen) atoms. The lowest BCUT2D eigenvalue weighted by molar-refractivity contribution is 0.304. The summed E-state index contributed by atoms with van der Waals surface area (Å²) >= 11 is 5.97. The molecule has 4 nitrogen and oxygen atoms in total. The van der Waals surface area contributed by atoms with Gasteiger partial charge in [-0.05, 0) is 26.0 Å². The van der Waals surface area contributed by atoms with Gasteiger partial charge in [0.05, 0.1) is 6.61 Å². The molecule has 0 aliphatic carbocycles. The van der Waals surface area contributed by atoms with E-state index in [0.717, 1.165) is 17.7 Å². The molecule has 2 aromatic heterocycles. The third-order valence-electron chi connectivity index (χ3n) is 2.48. The van der Waals surface area contributed by atoms with E-state index in [0.29, 0.717) is 23.5 Å². The van der Waals surface area contributed by atoms with Crippen molar-refractivity contribution in [3.05, 3.63) is 46.6 Å². The first-order chi connectivity index (χ1) is 8.66. The molecule has 0 bridgehead atoms. The van der Waals surface area contributed by atoms with Crippen LogP contribution in [-0.2, 0) is 6.42 Å². The summed E-state index contributed by atoms with van der Waals surface area (Å²) in [4.78, 5) is 12.5. The standard InChI is InChI=1S/C13H14ClN3O/c1-9-12(14)16-10(2)17-13(9)18-8-6-11-5-3-4-7-15-11/h3-5,7H,6,8H2,1-2H3. The number of pyridine rings is 1. The molecular weight excluding hydrogens is 250 g/mol. The number of rotatable bonds is 4. The van der Waals surface area contributed by atoms with Crippen LogP contribution < -0.4 is 4.74 Å². The first-order valence-electron chi connectivity index (χ1n) is 5.70. The van der Waals surface area contributed by atoms with Crippen LogP contribution in [0.15, 0.2) is 24.4 Å². The second kappa shape index (κ2) is 5.78. The summed E-state index contributed by atoms with van der Waals surface area (Å²) in [5.41, 5.74) is 1.76. The van der Waals surface area contributed by atoms with Crippen molar-refractivity contribution in [2.24, 2.45) is 0 Å². The molecule has 0 aliphatic rings. The van der Waals surface area contributed by atoms with Crippen molar-refractivity contribution in [1.29, 1.82) is 0 Å². The summed E-state index contributed by atoms with van der Waals surface area (Å²) in [7, 11) is 0. The van der Waals surface area contributed by atoms with Gasteiger partial charge in [-0.1, -0.05) is 17.7 Å². The predicted molar refractivity (Wildman–Crippen MR) is 70.0 cm³/mol. The molecule has 2 rings (SSSR count). The lowest BCUT2D eigenvalue weighted by Crippen LogP contribution is -2.06. The van der Waals surface area contributed by atoms with Gasteiger partial charge in [-0.2, -0.15) is 4.98 Å². The van der Waals surface area contributed by atoms with Gasteiger partial charge in [-0.25, -0.2) is 4.98 Å². The van der Waals surface area contributed by atoms with E-state index in [9.17, 15) is 0 Å². The van der Waals surface area contributed by atoms with Crippen molar-refractivity contribution in [1.82, 2.24) is 15.0 Å². The maximum absolute atomic E-state index is 5.97. The first-order valence-corrected chi connectivity index (χ1v) is 6.08. The minimum Gasteiger partial charge on any atom is -0.477 e. The first kappa shape index (κ1) is 12.8. The van der Waals surface area contributed by atoms with Crippen molar-refractivity contribution in [3.8, 4) is 5.88 Å². The van der Waals surface area contributed by atoms with Crippen LogP contribution in [0.3, 0.4) is 0 Å². The third-order valence-corrected chi connectivity index (χ3v) is 2.84. The molecule has 0 saturated carbocycles. The van der Waals surface area contributed by atoms with E-state index in [4.69, 9.17) is 16.3 Å². The lowest BCUT2D eigenvalue weighted by Gasteiger charge is -2.09. The van der Waals surface area contributed by atoms with Gasteiger partial charge in [0.15, 0.2) is 0 Å². The molecule has 2 aromatic rings. The minimum absolute atomic E-state index is 0.440. The predicted octanol–water partition coefficient (Wildman–Crippen LogP) is 2.76. The third kappa shape index (κ3) is 3.17. The second-order valence-corrected chi connectivity index (χ2v) is 4.27. The molecule has 0 amide bonds.